The Kier molecular flexibility index (Phi) is 9.32. The van der Waals surface area contributed by atoms with Gasteiger partial charge in [0.05, 0.1) is 19.3 Å². The number of ether oxygens (including phenoxy) is 2. The molecule has 0 spiro atoms. The molecule has 0 N–H and O–H groups in total. The first kappa shape index (κ1) is 16.9. The summed E-state index contributed by atoms with van der Waals surface area (Å²) in [5.41, 5.74) is 0.596. The van der Waals surface area contributed by atoms with Crippen LogP contribution < -0.4 is 0 Å². The van der Waals surface area contributed by atoms with Gasteiger partial charge in [-0.2, -0.15) is 0 Å². The molecule has 0 aliphatic heterocycles. The van der Waals surface area contributed by atoms with E-state index in [1.54, 1.807) is 21.1 Å². The quantitative estimate of drug-likeness (QED) is 0.275. The Hall–Kier alpha value is -1.07. The minimum Gasteiger partial charge on any atom is -0.498 e. The van der Waals surface area contributed by atoms with E-state index in [0.717, 1.165) is 31.6 Å². The van der Waals surface area contributed by atoms with E-state index < -0.39 is 0 Å². The predicted molar refractivity (Wildman–Crippen MR) is 69.8 cm³/mol. The molecular weight excluding hydrogens is 234 g/mol. The van der Waals surface area contributed by atoms with Crippen LogP contribution in [0.25, 0.3) is 0 Å². The maximum atomic E-state index is 11.9. The van der Waals surface area contributed by atoms with Crippen molar-refractivity contribution in [1.29, 1.82) is 0 Å². The monoisotopic (exact) mass is 259 g/mol. The topological polar surface area (TPSA) is 48.0 Å². The lowest BCUT2D eigenvalue weighted by Crippen LogP contribution is -2.27. The molecule has 0 radical (unpaired) electrons. The van der Waals surface area contributed by atoms with E-state index in [-0.39, 0.29) is 5.91 Å². The minimum atomic E-state index is -0.173. The maximum Gasteiger partial charge on any atom is 0.276 e. The summed E-state index contributed by atoms with van der Waals surface area (Å²) >= 11 is 0. The van der Waals surface area contributed by atoms with Crippen LogP contribution in [0.1, 0.15) is 33.1 Å². The molecule has 0 atom stereocenters. The number of unbranched alkanes of at least 4 members (excludes halogenated alkanes) is 1. The molecule has 1 amide bonds. The summed E-state index contributed by atoms with van der Waals surface area (Å²) in [6.45, 7) is 4.96. The fraction of sp³-hybridized carbons (Fsp3) is 0.769. The normalized spacial score (nSPS) is 12.1. The minimum absolute atomic E-state index is 0.173. The van der Waals surface area contributed by atoms with Crippen LogP contribution in [0.5, 0.6) is 0 Å². The molecule has 106 valence electrons. The van der Waals surface area contributed by atoms with Gasteiger partial charge in [0.25, 0.3) is 5.91 Å². The zero-order chi connectivity index (χ0) is 14.0. The second kappa shape index (κ2) is 9.91. The number of hydrogen-bond acceptors (Lipinski definition) is 4. The SMILES string of the molecule is CCO/C(CCCCOC)=C(/C)C(=O)N(C)OC. The van der Waals surface area contributed by atoms with Crippen LogP contribution in [-0.4, -0.2) is 45.5 Å². The summed E-state index contributed by atoms with van der Waals surface area (Å²) in [5.74, 6) is 0.565. The molecule has 0 aliphatic rings. The number of hydrogen-bond donors (Lipinski definition) is 0. The highest BCUT2D eigenvalue weighted by Gasteiger charge is 2.16. The third-order valence-corrected chi connectivity index (χ3v) is 2.62. The molecule has 0 aromatic rings. The summed E-state index contributed by atoms with van der Waals surface area (Å²) in [7, 11) is 4.73. The molecule has 0 aromatic carbocycles. The van der Waals surface area contributed by atoms with Crippen molar-refractivity contribution in [1.82, 2.24) is 5.06 Å². The first-order chi connectivity index (χ1) is 8.58. The molecule has 18 heavy (non-hydrogen) atoms. The van der Waals surface area contributed by atoms with E-state index in [0.29, 0.717) is 12.2 Å². The second-order valence-corrected chi connectivity index (χ2v) is 3.92. The molecule has 0 unspecified atom stereocenters. The lowest BCUT2D eigenvalue weighted by atomic mass is 10.1. The average Bonchev–Trinajstić information content (AvgIpc) is 2.39. The van der Waals surface area contributed by atoms with Crippen molar-refractivity contribution in [3.8, 4) is 0 Å². The van der Waals surface area contributed by atoms with Gasteiger partial charge in [-0.3, -0.25) is 9.63 Å². The standard InChI is InChI=1S/C13H25NO4/c1-6-18-12(9-7-8-10-16-4)11(2)13(15)14(3)17-5/h6-10H2,1-5H3/b12-11-. The first-order valence-electron chi connectivity index (χ1n) is 6.22. The molecule has 0 saturated carbocycles. The van der Waals surface area contributed by atoms with Gasteiger partial charge in [0.2, 0.25) is 0 Å². The number of hydroxylamine groups is 2. The number of carbonyl (C=O) groups excluding carboxylic acids is 1. The van der Waals surface area contributed by atoms with Crippen LogP contribution in [0.15, 0.2) is 11.3 Å². The Morgan fingerprint density at radius 1 is 1.22 bits per heavy atom. The van der Waals surface area contributed by atoms with Gasteiger partial charge >= 0.3 is 0 Å². The third-order valence-electron chi connectivity index (χ3n) is 2.62. The highest BCUT2D eigenvalue weighted by atomic mass is 16.7. The van der Waals surface area contributed by atoms with Crippen LogP contribution in [0.3, 0.4) is 0 Å². The highest BCUT2D eigenvalue weighted by Crippen LogP contribution is 2.16. The van der Waals surface area contributed by atoms with Crippen molar-refractivity contribution < 1.29 is 19.1 Å². The predicted octanol–water partition coefficient (Wildman–Crippen LogP) is 2.13. The molecule has 0 rings (SSSR count). The number of likely N-dealkylation sites (N-methyl/N-ethyl adjacent to an activating group) is 1. The molecule has 0 heterocycles. The lowest BCUT2D eigenvalue weighted by Gasteiger charge is -2.17. The van der Waals surface area contributed by atoms with E-state index in [4.69, 9.17) is 14.3 Å². The third kappa shape index (κ3) is 6.02. The average molecular weight is 259 g/mol. The van der Waals surface area contributed by atoms with Gasteiger partial charge in [-0.25, -0.2) is 5.06 Å². The Balaban J connectivity index is 4.56. The van der Waals surface area contributed by atoms with Crippen LogP contribution in [0, 0.1) is 0 Å². The fourth-order valence-electron chi connectivity index (χ4n) is 1.51. The van der Waals surface area contributed by atoms with Gasteiger partial charge in [-0.15, -0.1) is 0 Å². The smallest absolute Gasteiger partial charge is 0.276 e. The van der Waals surface area contributed by atoms with Crippen molar-refractivity contribution in [2.75, 3.05) is 34.5 Å². The summed E-state index contributed by atoms with van der Waals surface area (Å²) in [6, 6.07) is 0. The Morgan fingerprint density at radius 2 is 1.89 bits per heavy atom. The molecular formula is C13H25NO4. The van der Waals surface area contributed by atoms with Gasteiger partial charge in [0.15, 0.2) is 0 Å². The van der Waals surface area contributed by atoms with Crippen LogP contribution in [-0.2, 0) is 19.1 Å². The Morgan fingerprint density at radius 3 is 2.39 bits per heavy atom. The van der Waals surface area contributed by atoms with Crippen molar-refractivity contribution >= 4 is 5.91 Å². The number of amides is 1. The molecule has 5 nitrogen and oxygen atoms in total. The van der Waals surface area contributed by atoms with Crippen molar-refractivity contribution in [2.45, 2.75) is 33.1 Å². The number of carbonyl (C=O) groups is 1. The van der Waals surface area contributed by atoms with Crippen LogP contribution in [0.4, 0.5) is 0 Å². The van der Waals surface area contributed by atoms with E-state index in [1.165, 1.54) is 12.2 Å². The molecule has 0 fully saturated rings. The molecule has 0 saturated heterocycles. The van der Waals surface area contributed by atoms with Crippen molar-refractivity contribution in [3.63, 3.8) is 0 Å². The van der Waals surface area contributed by atoms with Gasteiger partial charge in [0, 0.05) is 27.2 Å². The van der Waals surface area contributed by atoms with Crippen LogP contribution >= 0.6 is 0 Å². The van der Waals surface area contributed by atoms with Gasteiger partial charge in [-0.1, -0.05) is 0 Å². The summed E-state index contributed by atoms with van der Waals surface area (Å²) in [5, 5.41) is 1.20. The van der Waals surface area contributed by atoms with Gasteiger partial charge < -0.3 is 9.47 Å². The van der Waals surface area contributed by atoms with Crippen molar-refractivity contribution in [2.24, 2.45) is 0 Å². The van der Waals surface area contributed by atoms with Crippen LogP contribution in [0.2, 0.25) is 0 Å². The summed E-state index contributed by atoms with van der Waals surface area (Å²) < 4.78 is 10.5. The second-order valence-electron chi connectivity index (χ2n) is 3.92. The van der Waals surface area contributed by atoms with E-state index in [2.05, 4.69) is 0 Å². The first-order valence-corrected chi connectivity index (χ1v) is 6.22. The molecule has 5 heteroatoms. The van der Waals surface area contributed by atoms with E-state index >= 15 is 0 Å². The highest BCUT2D eigenvalue weighted by molar-refractivity contribution is 5.92. The largest absolute Gasteiger partial charge is 0.498 e. The van der Waals surface area contributed by atoms with E-state index in [9.17, 15) is 4.79 Å². The zero-order valence-corrected chi connectivity index (χ0v) is 12.1. The molecule has 0 bridgehead atoms. The molecule has 0 aliphatic carbocycles. The van der Waals surface area contributed by atoms with Crippen molar-refractivity contribution in [3.05, 3.63) is 11.3 Å². The Bertz CT molecular complexity index is 276. The fourth-order valence-corrected chi connectivity index (χ4v) is 1.51. The number of methoxy groups -OCH3 is 1. The molecule has 0 aromatic heterocycles. The van der Waals surface area contributed by atoms with Gasteiger partial charge in [0.1, 0.15) is 5.76 Å². The zero-order valence-electron chi connectivity index (χ0n) is 12.1. The Labute approximate surface area is 110 Å². The van der Waals surface area contributed by atoms with Gasteiger partial charge in [-0.05, 0) is 26.7 Å². The summed E-state index contributed by atoms with van der Waals surface area (Å²) in [4.78, 5) is 16.8. The van der Waals surface area contributed by atoms with E-state index in [1.807, 2.05) is 6.92 Å². The number of rotatable bonds is 9. The summed E-state index contributed by atoms with van der Waals surface area (Å²) in [6.07, 6.45) is 2.63. The lowest BCUT2D eigenvalue weighted by molar-refractivity contribution is -0.164. The maximum absolute atomic E-state index is 11.9. The number of allylic oxidation sites excluding steroid dienone is 1. The number of nitrogens with zero attached hydrogens (tertiary/aromatic N) is 1.